The highest BCUT2D eigenvalue weighted by molar-refractivity contribution is 5.94. The number of amides is 2. The van der Waals surface area contributed by atoms with Crippen LogP contribution in [0.3, 0.4) is 0 Å². The number of benzene rings is 3. The number of hydrogen-bond acceptors (Lipinski definition) is 4. The molecule has 0 spiro atoms. The third-order valence-corrected chi connectivity index (χ3v) is 4.46. The summed E-state index contributed by atoms with van der Waals surface area (Å²) < 4.78 is 5.52. The minimum atomic E-state index is -0.276. The van der Waals surface area contributed by atoms with Crippen molar-refractivity contribution in [2.75, 3.05) is 11.9 Å². The molecule has 0 aliphatic carbocycles. The van der Waals surface area contributed by atoms with Gasteiger partial charge in [0.1, 0.15) is 5.75 Å². The smallest absolute Gasteiger partial charge is 0.271 e. The molecule has 6 nitrogen and oxygen atoms in total. The van der Waals surface area contributed by atoms with Crippen LogP contribution in [0.5, 0.6) is 5.75 Å². The molecule has 3 rings (SSSR count). The molecule has 3 aromatic rings. The molecular formula is C24H23N3O3. The number of nitrogens with one attached hydrogen (secondary N) is 2. The predicted octanol–water partition coefficient (Wildman–Crippen LogP) is 4.08. The SMILES string of the molecule is Cc1ccc(NC(=O)COc2ccc(/C=N/NC(=O)c3ccccc3)cc2)cc1C. The second-order valence-corrected chi connectivity index (χ2v) is 6.77. The van der Waals surface area contributed by atoms with Gasteiger partial charge in [-0.15, -0.1) is 0 Å². The van der Waals surface area contributed by atoms with Crippen LogP contribution in [0.2, 0.25) is 0 Å². The summed E-state index contributed by atoms with van der Waals surface area (Å²) in [6.45, 7) is 3.93. The van der Waals surface area contributed by atoms with Crippen molar-refractivity contribution >= 4 is 23.7 Å². The molecule has 0 aromatic heterocycles. The number of anilines is 1. The minimum Gasteiger partial charge on any atom is -0.484 e. The van der Waals surface area contributed by atoms with E-state index in [1.54, 1.807) is 48.5 Å². The van der Waals surface area contributed by atoms with Crippen LogP contribution >= 0.6 is 0 Å². The van der Waals surface area contributed by atoms with Crippen molar-refractivity contribution in [3.8, 4) is 5.75 Å². The molecule has 0 aliphatic rings. The molecule has 0 fully saturated rings. The molecule has 2 amide bonds. The third-order valence-electron chi connectivity index (χ3n) is 4.46. The molecule has 30 heavy (non-hydrogen) atoms. The molecule has 6 heteroatoms. The van der Waals surface area contributed by atoms with E-state index in [1.807, 2.05) is 38.1 Å². The molecule has 0 radical (unpaired) electrons. The van der Waals surface area contributed by atoms with Crippen molar-refractivity contribution in [3.63, 3.8) is 0 Å². The van der Waals surface area contributed by atoms with Gasteiger partial charge in [0.15, 0.2) is 6.61 Å². The summed E-state index contributed by atoms with van der Waals surface area (Å²) in [6, 6.07) is 21.7. The van der Waals surface area contributed by atoms with Crippen LogP contribution in [-0.4, -0.2) is 24.6 Å². The molecule has 152 valence electrons. The number of carbonyl (C=O) groups excluding carboxylic acids is 2. The van der Waals surface area contributed by atoms with Crippen molar-refractivity contribution < 1.29 is 14.3 Å². The largest absolute Gasteiger partial charge is 0.484 e. The number of carbonyl (C=O) groups is 2. The van der Waals surface area contributed by atoms with Gasteiger partial charge in [-0.2, -0.15) is 5.10 Å². The zero-order chi connectivity index (χ0) is 21.3. The molecule has 0 saturated carbocycles. The summed E-state index contributed by atoms with van der Waals surface area (Å²) in [5.74, 6) is 0.0600. The monoisotopic (exact) mass is 401 g/mol. The number of nitrogens with zero attached hydrogens (tertiary/aromatic N) is 1. The summed E-state index contributed by atoms with van der Waals surface area (Å²) >= 11 is 0. The maximum atomic E-state index is 12.1. The highest BCUT2D eigenvalue weighted by Crippen LogP contribution is 2.15. The van der Waals surface area contributed by atoms with Crippen LogP contribution < -0.4 is 15.5 Å². The number of hydrogen-bond donors (Lipinski definition) is 2. The van der Waals surface area contributed by atoms with Gasteiger partial charge >= 0.3 is 0 Å². The Balaban J connectivity index is 1.46. The summed E-state index contributed by atoms with van der Waals surface area (Å²) in [7, 11) is 0. The highest BCUT2D eigenvalue weighted by Gasteiger charge is 2.05. The Bertz CT molecular complexity index is 1050. The standard InChI is InChI=1S/C24H23N3O3/c1-17-8-11-21(14-18(17)2)26-23(28)16-30-22-12-9-19(10-13-22)15-25-27-24(29)20-6-4-3-5-7-20/h3-15H,16H2,1-2H3,(H,26,28)(H,27,29)/b25-15+. The number of rotatable bonds is 7. The lowest BCUT2D eigenvalue weighted by molar-refractivity contribution is -0.118. The van der Waals surface area contributed by atoms with E-state index in [2.05, 4.69) is 15.8 Å². The van der Waals surface area contributed by atoms with Gasteiger partial charge in [0.25, 0.3) is 11.8 Å². The second kappa shape index (κ2) is 10.0. The molecule has 2 N–H and O–H groups in total. The van der Waals surface area contributed by atoms with Gasteiger partial charge < -0.3 is 10.1 Å². The van der Waals surface area contributed by atoms with Crippen LogP contribution in [0, 0.1) is 13.8 Å². The third kappa shape index (κ3) is 6.04. The molecule has 0 heterocycles. The van der Waals surface area contributed by atoms with E-state index in [-0.39, 0.29) is 18.4 Å². The molecule has 0 bridgehead atoms. The van der Waals surface area contributed by atoms with E-state index in [1.165, 1.54) is 11.8 Å². The van der Waals surface area contributed by atoms with E-state index >= 15 is 0 Å². The quantitative estimate of drug-likeness (QED) is 0.462. The first-order valence-electron chi connectivity index (χ1n) is 9.50. The number of hydrazone groups is 1. The van der Waals surface area contributed by atoms with Crippen molar-refractivity contribution in [3.05, 3.63) is 95.1 Å². The number of aryl methyl sites for hydroxylation is 2. The van der Waals surface area contributed by atoms with E-state index in [9.17, 15) is 9.59 Å². The van der Waals surface area contributed by atoms with Crippen LogP contribution in [0.25, 0.3) is 0 Å². The summed E-state index contributed by atoms with van der Waals surface area (Å²) in [6.07, 6.45) is 1.54. The van der Waals surface area contributed by atoms with E-state index in [4.69, 9.17) is 4.74 Å². The van der Waals surface area contributed by atoms with Crippen molar-refractivity contribution in [1.29, 1.82) is 0 Å². The molecule has 0 unspecified atom stereocenters. The van der Waals surface area contributed by atoms with Gasteiger partial charge in [-0.25, -0.2) is 5.43 Å². The van der Waals surface area contributed by atoms with E-state index < -0.39 is 0 Å². The Labute approximate surface area is 175 Å². The first kappa shape index (κ1) is 20.8. The number of ether oxygens (including phenoxy) is 1. The maximum absolute atomic E-state index is 12.1. The maximum Gasteiger partial charge on any atom is 0.271 e. The topological polar surface area (TPSA) is 79.8 Å². The molecule has 3 aromatic carbocycles. The fourth-order valence-electron chi connectivity index (χ4n) is 2.63. The first-order chi connectivity index (χ1) is 14.5. The van der Waals surface area contributed by atoms with E-state index in [0.717, 1.165) is 16.8 Å². The lowest BCUT2D eigenvalue weighted by Gasteiger charge is -2.09. The fraction of sp³-hybridized carbons (Fsp3) is 0.125. The summed E-state index contributed by atoms with van der Waals surface area (Å²) in [5.41, 5.74) is 6.84. The predicted molar refractivity (Wildman–Crippen MR) is 118 cm³/mol. The normalized spacial score (nSPS) is 10.6. The average Bonchev–Trinajstić information content (AvgIpc) is 2.76. The van der Waals surface area contributed by atoms with Crippen molar-refractivity contribution in [2.45, 2.75) is 13.8 Å². The van der Waals surface area contributed by atoms with Crippen LogP contribution in [0.15, 0.2) is 77.9 Å². The van der Waals surface area contributed by atoms with Crippen molar-refractivity contribution in [2.24, 2.45) is 5.10 Å². The van der Waals surface area contributed by atoms with Crippen LogP contribution in [-0.2, 0) is 4.79 Å². The fourth-order valence-corrected chi connectivity index (χ4v) is 2.63. The van der Waals surface area contributed by atoms with Crippen LogP contribution in [0.1, 0.15) is 27.0 Å². The second-order valence-electron chi connectivity index (χ2n) is 6.77. The Kier molecular flexibility index (Phi) is 6.95. The lowest BCUT2D eigenvalue weighted by Crippen LogP contribution is -2.20. The average molecular weight is 401 g/mol. The molecule has 0 saturated heterocycles. The zero-order valence-electron chi connectivity index (χ0n) is 16.9. The van der Waals surface area contributed by atoms with Gasteiger partial charge in [0.05, 0.1) is 6.21 Å². The van der Waals surface area contributed by atoms with Gasteiger partial charge in [-0.05, 0) is 79.1 Å². The van der Waals surface area contributed by atoms with Gasteiger partial charge in [0, 0.05) is 11.3 Å². The summed E-state index contributed by atoms with van der Waals surface area (Å²) in [5, 5.41) is 6.77. The highest BCUT2D eigenvalue weighted by atomic mass is 16.5. The summed E-state index contributed by atoms with van der Waals surface area (Å²) in [4.78, 5) is 24.0. The molecule has 0 aliphatic heterocycles. The Morgan fingerprint density at radius 3 is 2.37 bits per heavy atom. The molecular weight excluding hydrogens is 378 g/mol. The van der Waals surface area contributed by atoms with Gasteiger partial charge in [0.2, 0.25) is 0 Å². The first-order valence-corrected chi connectivity index (χ1v) is 9.50. The lowest BCUT2D eigenvalue weighted by atomic mass is 10.1. The van der Waals surface area contributed by atoms with Crippen LogP contribution in [0.4, 0.5) is 5.69 Å². The minimum absolute atomic E-state index is 0.0898. The Morgan fingerprint density at radius 1 is 0.933 bits per heavy atom. The van der Waals surface area contributed by atoms with E-state index in [0.29, 0.717) is 11.3 Å². The van der Waals surface area contributed by atoms with Gasteiger partial charge in [-0.1, -0.05) is 24.3 Å². The van der Waals surface area contributed by atoms with Gasteiger partial charge in [-0.3, -0.25) is 9.59 Å². The Hall–Kier alpha value is -3.93. The molecule has 0 atom stereocenters. The van der Waals surface area contributed by atoms with Crippen molar-refractivity contribution in [1.82, 2.24) is 5.43 Å². The zero-order valence-corrected chi connectivity index (χ0v) is 16.9. The Morgan fingerprint density at radius 2 is 1.67 bits per heavy atom.